The number of rotatable bonds is 6. The Balaban J connectivity index is 2.10. The number of carbonyl (C=O) groups excluding carboxylic acids is 1. The number of aryl methyl sites for hydroxylation is 1. The van der Waals surface area contributed by atoms with Gasteiger partial charge in [-0.05, 0) is 26.0 Å². The molecular weight excluding hydrogens is 282 g/mol. The number of nitrogens with zero attached hydrogens (tertiary/aromatic N) is 2. The van der Waals surface area contributed by atoms with E-state index >= 15 is 0 Å². The quantitative estimate of drug-likeness (QED) is 0.888. The highest BCUT2D eigenvalue weighted by Crippen LogP contribution is 2.24. The van der Waals surface area contributed by atoms with E-state index < -0.39 is 0 Å². The van der Waals surface area contributed by atoms with E-state index in [1.807, 2.05) is 18.5 Å². The monoisotopic (exact) mass is 303 g/mol. The molecule has 2 rings (SSSR count). The Morgan fingerprint density at radius 1 is 1.32 bits per heavy atom. The molecule has 0 unspecified atom stereocenters. The lowest BCUT2D eigenvalue weighted by Gasteiger charge is -2.11. The zero-order valence-electron chi connectivity index (χ0n) is 13.3. The molecule has 2 aromatic rings. The van der Waals surface area contributed by atoms with Gasteiger partial charge < -0.3 is 14.8 Å². The van der Waals surface area contributed by atoms with Gasteiger partial charge in [-0.15, -0.1) is 0 Å². The summed E-state index contributed by atoms with van der Waals surface area (Å²) in [5.41, 5.74) is 2.54. The summed E-state index contributed by atoms with van der Waals surface area (Å²) in [6.45, 7) is 5.27. The normalized spacial score (nSPS) is 10.4. The molecule has 0 aliphatic heterocycles. The fourth-order valence-corrected chi connectivity index (χ4v) is 2.23. The lowest BCUT2D eigenvalue weighted by molar-refractivity contribution is 0.0948. The van der Waals surface area contributed by atoms with Crippen molar-refractivity contribution in [2.75, 3.05) is 14.2 Å². The molecule has 0 saturated heterocycles. The summed E-state index contributed by atoms with van der Waals surface area (Å²) in [7, 11) is 3.10. The lowest BCUT2D eigenvalue weighted by Crippen LogP contribution is -2.23. The molecule has 22 heavy (non-hydrogen) atoms. The van der Waals surface area contributed by atoms with Crippen molar-refractivity contribution in [3.63, 3.8) is 0 Å². The summed E-state index contributed by atoms with van der Waals surface area (Å²) in [5, 5.41) is 7.16. The third kappa shape index (κ3) is 3.21. The van der Waals surface area contributed by atoms with Crippen LogP contribution in [0.1, 0.15) is 28.5 Å². The Morgan fingerprint density at radius 2 is 2.09 bits per heavy atom. The zero-order valence-corrected chi connectivity index (χ0v) is 13.3. The zero-order chi connectivity index (χ0) is 16.1. The van der Waals surface area contributed by atoms with Crippen LogP contribution in [0.25, 0.3) is 0 Å². The first-order chi connectivity index (χ1) is 10.6. The third-order valence-corrected chi connectivity index (χ3v) is 3.60. The first-order valence-corrected chi connectivity index (χ1v) is 7.12. The number of ether oxygens (including phenoxy) is 2. The SMILES string of the molecule is CCn1ncc(CNC(=O)c2ccc(OC)cc2OC)c1C. The molecule has 0 saturated carbocycles. The molecule has 1 aromatic heterocycles. The van der Waals surface area contributed by atoms with E-state index in [-0.39, 0.29) is 5.91 Å². The number of hydrogen-bond donors (Lipinski definition) is 1. The van der Waals surface area contributed by atoms with Gasteiger partial charge in [0.1, 0.15) is 11.5 Å². The number of carbonyl (C=O) groups is 1. The van der Waals surface area contributed by atoms with Crippen molar-refractivity contribution < 1.29 is 14.3 Å². The number of methoxy groups -OCH3 is 2. The summed E-state index contributed by atoms with van der Waals surface area (Å²) in [4.78, 5) is 12.3. The van der Waals surface area contributed by atoms with Crippen molar-refractivity contribution in [2.24, 2.45) is 0 Å². The number of amides is 1. The molecule has 118 valence electrons. The van der Waals surface area contributed by atoms with Crippen molar-refractivity contribution in [1.29, 1.82) is 0 Å². The molecule has 6 nitrogen and oxygen atoms in total. The number of aromatic nitrogens is 2. The van der Waals surface area contributed by atoms with Crippen LogP contribution in [0, 0.1) is 6.92 Å². The van der Waals surface area contributed by atoms with Gasteiger partial charge in [0, 0.05) is 30.4 Å². The Hall–Kier alpha value is -2.50. The Morgan fingerprint density at radius 3 is 2.68 bits per heavy atom. The van der Waals surface area contributed by atoms with Gasteiger partial charge in [-0.3, -0.25) is 9.48 Å². The molecule has 6 heteroatoms. The second-order valence-electron chi connectivity index (χ2n) is 4.82. The summed E-state index contributed by atoms with van der Waals surface area (Å²) in [5.74, 6) is 0.939. The van der Waals surface area contributed by atoms with Crippen LogP contribution in [0.3, 0.4) is 0 Å². The summed E-state index contributed by atoms with van der Waals surface area (Å²) < 4.78 is 12.3. The summed E-state index contributed by atoms with van der Waals surface area (Å²) in [6.07, 6.45) is 1.78. The first kappa shape index (κ1) is 15.9. The average Bonchev–Trinajstić information content (AvgIpc) is 2.91. The van der Waals surface area contributed by atoms with Gasteiger partial charge in [-0.25, -0.2) is 0 Å². The first-order valence-electron chi connectivity index (χ1n) is 7.12. The minimum Gasteiger partial charge on any atom is -0.497 e. The molecule has 1 amide bonds. The van der Waals surface area contributed by atoms with E-state index in [4.69, 9.17) is 9.47 Å². The molecule has 0 aliphatic rings. The largest absolute Gasteiger partial charge is 0.497 e. The van der Waals surface area contributed by atoms with Crippen molar-refractivity contribution >= 4 is 5.91 Å². The van der Waals surface area contributed by atoms with Crippen LogP contribution < -0.4 is 14.8 Å². The van der Waals surface area contributed by atoms with E-state index in [0.717, 1.165) is 17.8 Å². The van der Waals surface area contributed by atoms with Crippen LogP contribution in [-0.2, 0) is 13.1 Å². The molecule has 1 heterocycles. The number of nitrogens with one attached hydrogen (secondary N) is 1. The van der Waals surface area contributed by atoms with Gasteiger partial charge in [-0.1, -0.05) is 0 Å². The van der Waals surface area contributed by atoms with E-state index in [1.165, 1.54) is 7.11 Å². The predicted molar refractivity (Wildman–Crippen MR) is 83.4 cm³/mol. The van der Waals surface area contributed by atoms with Crippen LogP contribution >= 0.6 is 0 Å². The predicted octanol–water partition coefficient (Wildman–Crippen LogP) is 2.16. The van der Waals surface area contributed by atoms with Crippen LogP contribution in [0.15, 0.2) is 24.4 Å². The highest BCUT2D eigenvalue weighted by molar-refractivity contribution is 5.97. The maximum Gasteiger partial charge on any atom is 0.255 e. The standard InChI is InChI=1S/C16H21N3O3/c1-5-19-11(2)12(10-18-19)9-17-16(20)14-7-6-13(21-3)8-15(14)22-4/h6-8,10H,5,9H2,1-4H3,(H,17,20). The number of benzene rings is 1. The minimum absolute atomic E-state index is 0.192. The molecule has 0 fully saturated rings. The summed E-state index contributed by atoms with van der Waals surface area (Å²) >= 11 is 0. The fraction of sp³-hybridized carbons (Fsp3) is 0.375. The molecule has 0 bridgehead atoms. The maximum atomic E-state index is 12.3. The van der Waals surface area contributed by atoms with Crippen molar-refractivity contribution in [3.8, 4) is 11.5 Å². The molecule has 0 spiro atoms. The lowest BCUT2D eigenvalue weighted by atomic mass is 10.1. The molecule has 0 aliphatic carbocycles. The van der Waals surface area contributed by atoms with E-state index in [9.17, 15) is 4.79 Å². The van der Waals surface area contributed by atoms with Crippen molar-refractivity contribution in [1.82, 2.24) is 15.1 Å². The third-order valence-electron chi connectivity index (χ3n) is 3.60. The molecule has 1 N–H and O–H groups in total. The van der Waals surface area contributed by atoms with Gasteiger partial charge in [0.2, 0.25) is 0 Å². The van der Waals surface area contributed by atoms with E-state index in [0.29, 0.717) is 23.6 Å². The second-order valence-corrected chi connectivity index (χ2v) is 4.82. The average molecular weight is 303 g/mol. The second kappa shape index (κ2) is 6.98. The smallest absolute Gasteiger partial charge is 0.255 e. The molecule has 0 radical (unpaired) electrons. The summed E-state index contributed by atoms with van der Waals surface area (Å²) in [6, 6.07) is 5.11. The van der Waals surface area contributed by atoms with Crippen molar-refractivity contribution in [3.05, 3.63) is 41.2 Å². The van der Waals surface area contributed by atoms with Gasteiger partial charge >= 0.3 is 0 Å². The van der Waals surface area contributed by atoms with Crippen LogP contribution in [0.2, 0.25) is 0 Å². The van der Waals surface area contributed by atoms with Gasteiger partial charge in [-0.2, -0.15) is 5.10 Å². The number of hydrogen-bond acceptors (Lipinski definition) is 4. The fourth-order valence-electron chi connectivity index (χ4n) is 2.23. The van der Waals surface area contributed by atoms with Gasteiger partial charge in [0.25, 0.3) is 5.91 Å². The molecule has 0 atom stereocenters. The van der Waals surface area contributed by atoms with Crippen LogP contribution in [0.4, 0.5) is 0 Å². The van der Waals surface area contributed by atoms with E-state index in [1.54, 1.807) is 31.5 Å². The van der Waals surface area contributed by atoms with E-state index in [2.05, 4.69) is 10.4 Å². The van der Waals surface area contributed by atoms with Gasteiger partial charge in [0.05, 0.1) is 26.0 Å². The van der Waals surface area contributed by atoms with Crippen molar-refractivity contribution in [2.45, 2.75) is 26.9 Å². The molecule has 1 aromatic carbocycles. The van der Waals surface area contributed by atoms with Crippen LogP contribution in [-0.4, -0.2) is 29.9 Å². The Bertz CT molecular complexity index is 665. The Kier molecular flexibility index (Phi) is 5.04. The van der Waals surface area contributed by atoms with Gasteiger partial charge in [0.15, 0.2) is 0 Å². The maximum absolute atomic E-state index is 12.3. The molecular formula is C16H21N3O3. The Labute approximate surface area is 130 Å². The highest BCUT2D eigenvalue weighted by atomic mass is 16.5. The highest BCUT2D eigenvalue weighted by Gasteiger charge is 2.14. The van der Waals surface area contributed by atoms with Crippen LogP contribution in [0.5, 0.6) is 11.5 Å². The minimum atomic E-state index is -0.192. The topological polar surface area (TPSA) is 65.4 Å².